The van der Waals surface area contributed by atoms with Crippen LogP contribution in [-0.4, -0.2) is 25.0 Å². The molecule has 0 fully saturated rings. The zero-order chi connectivity index (χ0) is 8.85. The van der Waals surface area contributed by atoms with Crippen molar-refractivity contribution in [2.45, 2.75) is 39.3 Å². The van der Waals surface area contributed by atoms with Crippen LogP contribution in [0.15, 0.2) is 0 Å². The highest BCUT2D eigenvalue weighted by Crippen LogP contribution is 1.95. The van der Waals surface area contributed by atoms with Crippen LogP contribution in [0.25, 0.3) is 0 Å². The zero-order valence-corrected chi connectivity index (χ0v) is 7.77. The molecule has 0 aromatic carbocycles. The first-order chi connectivity index (χ1) is 5.06. The molecule has 0 aromatic rings. The Hall–Kier alpha value is -0.570. The van der Waals surface area contributed by atoms with E-state index in [9.17, 15) is 4.79 Å². The maximum atomic E-state index is 10.6. The van der Waals surface area contributed by atoms with Gasteiger partial charge in [0.1, 0.15) is 0 Å². The van der Waals surface area contributed by atoms with Crippen LogP contribution < -0.4 is 10.6 Å². The van der Waals surface area contributed by atoms with Crippen molar-refractivity contribution in [1.82, 2.24) is 10.6 Å². The van der Waals surface area contributed by atoms with Gasteiger partial charge in [0, 0.05) is 19.0 Å². The van der Waals surface area contributed by atoms with Crippen LogP contribution in [-0.2, 0) is 4.79 Å². The number of carbonyl (C=O) groups is 1. The van der Waals surface area contributed by atoms with Gasteiger partial charge in [-0.2, -0.15) is 0 Å². The Labute approximate surface area is 68.6 Å². The number of nitrogens with one attached hydrogen (secondary N) is 2. The minimum absolute atomic E-state index is 0.0424. The average molecular weight is 158 g/mol. The fraction of sp³-hybridized carbons (Fsp3) is 0.875. The Balaban J connectivity index is 3.51. The minimum atomic E-state index is 0.0424. The summed E-state index contributed by atoms with van der Waals surface area (Å²) in [6, 6.07) is 0.715. The minimum Gasteiger partial charge on any atom is -0.354 e. The number of hydrogen-bond acceptors (Lipinski definition) is 2. The van der Waals surface area contributed by atoms with E-state index in [0.717, 1.165) is 6.42 Å². The summed E-state index contributed by atoms with van der Waals surface area (Å²) in [6.45, 7) is 5.65. The standard InChI is InChI=1S/C8H18N2O/c1-6(9-4)5-7(2)10-8(3)11/h6-7,9H,5H2,1-4H3,(H,10,11). The van der Waals surface area contributed by atoms with Gasteiger partial charge in [0.05, 0.1) is 0 Å². The van der Waals surface area contributed by atoms with Crippen LogP contribution in [0, 0.1) is 0 Å². The predicted molar refractivity (Wildman–Crippen MR) is 46.4 cm³/mol. The highest BCUT2D eigenvalue weighted by atomic mass is 16.1. The molecule has 2 unspecified atom stereocenters. The molecular formula is C8H18N2O. The van der Waals surface area contributed by atoms with Crippen molar-refractivity contribution in [2.24, 2.45) is 0 Å². The van der Waals surface area contributed by atoms with Gasteiger partial charge < -0.3 is 10.6 Å². The van der Waals surface area contributed by atoms with E-state index in [1.807, 2.05) is 14.0 Å². The van der Waals surface area contributed by atoms with Crippen LogP contribution in [0.3, 0.4) is 0 Å². The van der Waals surface area contributed by atoms with Crippen molar-refractivity contribution in [3.8, 4) is 0 Å². The lowest BCUT2D eigenvalue weighted by molar-refractivity contribution is -0.119. The zero-order valence-electron chi connectivity index (χ0n) is 7.77. The van der Waals surface area contributed by atoms with Crippen LogP contribution in [0.1, 0.15) is 27.2 Å². The van der Waals surface area contributed by atoms with Gasteiger partial charge in [0.15, 0.2) is 0 Å². The van der Waals surface area contributed by atoms with Crippen molar-refractivity contribution in [1.29, 1.82) is 0 Å². The van der Waals surface area contributed by atoms with Gasteiger partial charge in [0.25, 0.3) is 0 Å². The monoisotopic (exact) mass is 158 g/mol. The topological polar surface area (TPSA) is 41.1 Å². The second-order valence-electron chi connectivity index (χ2n) is 3.03. The molecule has 0 radical (unpaired) electrons. The third kappa shape index (κ3) is 5.85. The van der Waals surface area contributed by atoms with Crippen LogP contribution in [0.2, 0.25) is 0 Å². The highest BCUT2D eigenvalue weighted by Gasteiger charge is 2.06. The molecule has 0 bridgehead atoms. The molecule has 0 rings (SSSR count). The molecule has 0 spiro atoms. The van der Waals surface area contributed by atoms with Crippen molar-refractivity contribution >= 4 is 5.91 Å². The van der Waals surface area contributed by atoms with E-state index in [1.54, 1.807) is 6.92 Å². The van der Waals surface area contributed by atoms with E-state index in [0.29, 0.717) is 6.04 Å². The Bertz CT molecular complexity index is 125. The van der Waals surface area contributed by atoms with E-state index in [2.05, 4.69) is 17.6 Å². The van der Waals surface area contributed by atoms with Crippen molar-refractivity contribution < 1.29 is 4.79 Å². The normalized spacial score (nSPS) is 15.6. The summed E-state index contributed by atoms with van der Waals surface area (Å²) >= 11 is 0. The van der Waals surface area contributed by atoms with Crippen molar-refractivity contribution in [2.75, 3.05) is 7.05 Å². The first-order valence-corrected chi connectivity index (χ1v) is 4.00. The molecule has 66 valence electrons. The van der Waals surface area contributed by atoms with Gasteiger partial charge in [-0.25, -0.2) is 0 Å². The first-order valence-electron chi connectivity index (χ1n) is 4.00. The average Bonchev–Trinajstić information content (AvgIpc) is 1.85. The van der Waals surface area contributed by atoms with E-state index < -0.39 is 0 Å². The molecule has 3 nitrogen and oxygen atoms in total. The molecule has 1 amide bonds. The summed E-state index contributed by atoms with van der Waals surface area (Å²) in [5.41, 5.74) is 0. The molecule has 0 aliphatic carbocycles. The largest absolute Gasteiger partial charge is 0.354 e. The first kappa shape index (κ1) is 10.4. The molecule has 0 saturated heterocycles. The number of hydrogen-bond donors (Lipinski definition) is 2. The lowest BCUT2D eigenvalue weighted by Crippen LogP contribution is -2.36. The maximum Gasteiger partial charge on any atom is 0.217 e. The highest BCUT2D eigenvalue weighted by molar-refractivity contribution is 5.73. The molecule has 2 atom stereocenters. The second kappa shape index (κ2) is 5.13. The van der Waals surface area contributed by atoms with Gasteiger partial charge in [-0.1, -0.05) is 0 Å². The smallest absolute Gasteiger partial charge is 0.217 e. The third-order valence-corrected chi connectivity index (χ3v) is 1.65. The van der Waals surface area contributed by atoms with E-state index in [4.69, 9.17) is 0 Å². The molecule has 0 saturated carbocycles. The molecule has 0 aliphatic rings. The second-order valence-corrected chi connectivity index (χ2v) is 3.03. The fourth-order valence-corrected chi connectivity index (χ4v) is 1.05. The van der Waals surface area contributed by atoms with Crippen molar-refractivity contribution in [3.05, 3.63) is 0 Å². The summed E-state index contributed by atoms with van der Waals surface area (Å²) in [5.74, 6) is 0.0424. The van der Waals surface area contributed by atoms with Crippen molar-refractivity contribution in [3.63, 3.8) is 0 Å². The van der Waals surface area contributed by atoms with E-state index >= 15 is 0 Å². The molecule has 0 heterocycles. The van der Waals surface area contributed by atoms with Gasteiger partial charge in [0.2, 0.25) is 5.91 Å². The fourth-order valence-electron chi connectivity index (χ4n) is 1.05. The lowest BCUT2D eigenvalue weighted by atomic mass is 10.1. The summed E-state index contributed by atoms with van der Waals surface area (Å²) in [5, 5.41) is 5.95. The van der Waals surface area contributed by atoms with Gasteiger partial charge in [-0.15, -0.1) is 0 Å². The number of amides is 1. The molecule has 0 aliphatic heterocycles. The quantitative estimate of drug-likeness (QED) is 0.626. The number of carbonyl (C=O) groups excluding carboxylic acids is 1. The Kier molecular flexibility index (Phi) is 4.86. The summed E-state index contributed by atoms with van der Waals surface area (Å²) in [6.07, 6.45) is 0.968. The summed E-state index contributed by atoms with van der Waals surface area (Å²) in [7, 11) is 1.92. The van der Waals surface area contributed by atoms with Gasteiger partial charge >= 0.3 is 0 Å². The molecular weight excluding hydrogens is 140 g/mol. The van der Waals surface area contributed by atoms with Gasteiger partial charge in [-0.05, 0) is 27.3 Å². The molecule has 3 heteroatoms. The van der Waals surface area contributed by atoms with Gasteiger partial charge in [-0.3, -0.25) is 4.79 Å². The van der Waals surface area contributed by atoms with Crippen LogP contribution in [0.5, 0.6) is 0 Å². The molecule has 11 heavy (non-hydrogen) atoms. The van der Waals surface area contributed by atoms with E-state index in [-0.39, 0.29) is 11.9 Å². The summed E-state index contributed by atoms with van der Waals surface area (Å²) < 4.78 is 0. The van der Waals surface area contributed by atoms with Crippen LogP contribution in [0.4, 0.5) is 0 Å². The Morgan fingerprint density at radius 1 is 1.36 bits per heavy atom. The third-order valence-electron chi connectivity index (χ3n) is 1.65. The predicted octanol–water partition coefficient (Wildman–Crippen LogP) is 0.509. The van der Waals surface area contributed by atoms with Crippen LogP contribution >= 0.6 is 0 Å². The summed E-state index contributed by atoms with van der Waals surface area (Å²) in [4.78, 5) is 10.6. The number of rotatable bonds is 4. The maximum absolute atomic E-state index is 10.6. The molecule has 2 N–H and O–H groups in total. The SMILES string of the molecule is CNC(C)CC(C)NC(C)=O. The Morgan fingerprint density at radius 3 is 2.27 bits per heavy atom. The lowest BCUT2D eigenvalue weighted by Gasteiger charge is -2.16. The molecule has 0 aromatic heterocycles. The Morgan fingerprint density at radius 2 is 1.91 bits per heavy atom. The van der Waals surface area contributed by atoms with E-state index in [1.165, 1.54) is 0 Å².